The van der Waals surface area contributed by atoms with Crippen LogP contribution in [0.4, 0.5) is 0 Å². The van der Waals surface area contributed by atoms with Gasteiger partial charge < -0.3 is 5.32 Å². The summed E-state index contributed by atoms with van der Waals surface area (Å²) < 4.78 is 23.2. The van der Waals surface area contributed by atoms with Crippen molar-refractivity contribution < 1.29 is 8.42 Å². The molecule has 2 heterocycles. The first-order valence-electron chi connectivity index (χ1n) is 7.74. The van der Waals surface area contributed by atoms with Crippen molar-refractivity contribution in [2.75, 3.05) is 24.6 Å². The van der Waals surface area contributed by atoms with Crippen LogP contribution in [0, 0.1) is 5.92 Å². The highest BCUT2D eigenvalue weighted by Crippen LogP contribution is 2.33. The predicted octanol–water partition coefficient (Wildman–Crippen LogP) is 1.03. The monoisotopic (exact) mass is 286 g/mol. The van der Waals surface area contributed by atoms with E-state index in [4.69, 9.17) is 0 Å². The normalized spacial score (nSPS) is 43.0. The van der Waals surface area contributed by atoms with E-state index < -0.39 is 9.84 Å². The van der Waals surface area contributed by atoms with Crippen LogP contribution in [0.1, 0.15) is 39.0 Å². The third-order valence-corrected chi connectivity index (χ3v) is 7.00. The Labute approximate surface area is 116 Å². The lowest BCUT2D eigenvalue weighted by molar-refractivity contribution is 0.205. The third-order valence-electron chi connectivity index (χ3n) is 5.21. The van der Waals surface area contributed by atoms with E-state index in [2.05, 4.69) is 17.1 Å². The summed E-state index contributed by atoms with van der Waals surface area (Å²) in [6, 6.07) is 1.50. The van der Waals surface area contributed by atoms with Gasteiger partial charge in [-0.1, -0.05) is 12.8 Å². The summed E-state index contributed by atoms with van der Waals surface area (Å²) in [5, 5.41) is 3.79. The highest BCUT2D eigenvalue weighted by atomic mass is 32.2. The van der Waals surface area contributed by atoms with E-state index in [0.717, 1.165) is 25.0 Å². The molecule has 0 aromatic heterocycles. The standard InChI is InChI=1S/C14H26N2O2S/c1-11-10-19(17,18)7-6-16(11)9-13-8-12-4-2-3-5-14(12)15-13/h11-15H,2-10H2,1H3. The van der Waals surface area contributed by atoms with Crippen molar-refractivity contribution in [1.82, 2.24) is 10.2 Å². The SMILES string of the molecule is CC1CS(=O)(=O)CCN1CC1CC2CCCCC2N1. The fraction of sp³-hybridized carbons (Fsp3) is 1.00. The first kappa shape index (κ1) is 13.8. The number of hydrogen-bond donors (Lipinski definition) is 1. The zero-order valence-corrected chi connectivity index (χ0v) is 12.7. The maximum absolute atomic E-state index is 11.6. The van der Waals surface area contributed by atoms with E-state index in [9.17, 15) is 8.42 Å². The van der Waals surface area contributed by atoms with Gasteiger partial charge in [0, 0.05) is 31.2 Å². The van der Waals surface area contributed by atoms with Crippen molar-refractivity contribution in [3.8, 4) is 0 Å². The molecule has 4 unspecified atom stereocenters. The van der Waals surface area contributed by atoms with E-state index in [0.29, 0.717) is 17.5 Å². The molecule has 2 aliphatic heterocycles. The van der Waals surface area contributed by atoms with Gasteiger partial charge in [-0.15, -0.1) is 0 Å². The van der Waals surface area contributed by atoms with Gasteiger partial charge in [0.05, 0.1) is 11.5 Å². The average molecular weight is 286 g/mol. The predicted molar refractivity (Wildman–Crippen MR) is 77.0 cm³/mol. The minimum absolute atomic E-state index is 0.183. The molecule has 1 N–H and O–H groups in total. The van der Waals surface area contributed by atoms with Crippen LogP contribution in [0.5, 0.6) is 0 Å². The average Bonchev–Trinajstić information content (AvgIpc) is 2.74. The fourth-order valence-corrected chi connectivity index (χ4v) is 5.79. The molecule has 0 amide bonds. The molecule has 19 heavy (non-hydrogen) atoms. The van der Waals surface area contributed by atoms with Gasteiger partial charge in [0.15, 0.2) is 9.84 Å². The van der Waals surface area contributed by atoms with Gasteiger partial charge in [-0.2, -0.15) is 0 Å². The summed E-state index contributed by atoms with van der Waals surface area (Å²) in [7, 11) is -2.78. The first-order chi connectivity index (χ1) is 9.03. The summed E-state index contributed by atoms with van der Waals surface area (Å²) in [6.07, 6.45) is 6.79. The summed E-state index contributed by atoms with van der Waals surface area (Å²) in [6.45, 7) is 3.80. The second-order valence-electron chi connectivity index (χ2n) is 6.71. The number of sulfone groups is 1. The zero-order chi connectivity index (χ0) is 13.5. The number of rotatable bonds is 2. The maximum atomic E-state index is 11.6. The summed E-state index contributed by atoms with van der Waals surface area (Å²) in [5.41, 5.74) is 0. The molecule has 0 radical (unpaired) electrons. The summed E-state index contributed by atoms with van der Waals surface area (Å²) in [4.78, 5) is 2.37. The minimum Gasteiger partial charge on any atom is -0.310 e. The van der Waals surface area contributed by atoms with E-state index in [1.807, 2.05) is 0 Å². The van der Waals surface area contributed by atoms with E-state index in [-0.39, 0.29) is 6.04 Å². The Morgan fingerprint density at radius 1 is 1.26 bits per heavy atom. The first-order valence-corrected chi connectivity index (χ1v) is 9.56. The highest BCUT2D eigenvalue weighted by molar-refractivity contribution is 7.91. The highest BCUT2D eigenvalue weighted by Gasteiger charge is 2.37. The Morgan fingerprint density at radius 3 is 2.79 bits per heavy atom. The smallest absolute Gasteiger partial charge is 0.153 e. The molecule has 1 aliphatic carbocycles. The van der Waals surface area contributed by atoms with Gasteiger partial charge >= 0.3 is 0 Å². The molecule has 0 bridgehead atoms. The van der Waals surface area contributed by atoms with Crippen molar-refractivity contribution in [1.29, 1.82) is 0 Å². The molecule has 4 nitrogen and oxygen atoms in total. The zero-order valence-electron chi connectivity index (χ0n) is 11.8. The molecule has 3 rings (SSSR count). The van der Waals surface area contributed by atoms with Gasteiger partial charge in [-0.05, 0) is 32.1 Å². The largest absolute Gasteiger partial charge is 0.310 e. The van der Waals surface area contributed by atoms with Gasteiger partial charge in [0.25, 0.3) is 0 Å². The van der Waals surface area contributed by atoms with Crippen molar-refractivity contribution in [2.45, 2.75) is 57.2 Å². The number of nitrogens with one attached hydrogen (secondary N) is 1. The van der Waals surface area contributed by atoms with Crippen molar-refractivity contribution in [2.24, 2.45) is 5.92 Å². The van der Waals surface area contributed by atoms with Crippen LogP contribution in [0.2, 0.25) is 0 Å². The van der Waals surface area contributed by atoms with Crippen LogP contribution >= 0.6 is 0 Å². The van der Waals surface area contributed by atoms with Crippen molar-refractivity contribution in [3.63, 3.8) is 0 Å². The lowest BCUT2D eigenvalue weighted by Gasteiger charge is -2.35. The topological polar surface area (TPSA) is 49.4 Å². The van der Waals surface area contributed by atoms with E-state index in [1.165, 1.54) is 32.1 Å². The summed E-state index contributed by atoms with van der Waals surface area (Å²) >= 11 is 0. The van der Waals surface area contributed by atoms with Gasteiger partial charge in [-0.25, -0.2) is 8.42 Å². The number of fused-ring (bicyclic) bond motifs is 1. The molecule has 2 saturated heterocycles. The molecule has 0 aromatic rings. The Hall–Kier alpha value is -0.130. The van der Waals surface area contributed by atoms with Crippen LogP contribution in [0.15, 0.2) is 0 Å². The van der Waals surface area contributed by atoms with Gasteiger partial charge in [0.2, 0.25) is 0 Å². The summed E-state index contributed by atoms with van der Waals surface area (Å²) in [5.74, 6) is 1.56. The Kier molecular flexibility index (Phi) is 3.89. The number of hydrogen-bond acceptors (Lipinski definition) is 4. The Morgan fingerprint density at radius 2 is 2.05 bits per heavy atom. The van der Waals surface area contributed by atoms with Crippen molar-refractivity contribution in [3.05, 3.63) is 0 Å². The van der Waals surface area contributed by atoms with Gasteiger partial charge in [0.1, 0.15) is 0 Å². The molecule has 3 fully saturated rings. The quantitative estimate of drug-likeness (QED) is 0.823. The van der Waals surface area contributed by atoms with Crippen LogP contribution in [-0.2, 0) is 9.84 Å². The Balaban J connectivity index is 1.55. The van der Waals surface area contributed by atoms with Crippen LogP contribution in [-0.4, -0.2) is 56.0 Å². The molecule has 4 atom stereocenters. The fourth-order valence-electron chi connectivity index (χ4n) is 4.16. The molecule has 3 aliphatic rings. The maximum Gasteiger partial charge on any atom is 0.153 e. The van der Waals surface area contributed by atoms with Crippen LogP contribution in [0.3, 0.4) is 0 Å². The minimum atomic E-state index is -2.78. The molecule has 0 spiro atoms. The second-order valence-corrected chi connectivity index (χ2v) is 8.94. The molecule has 0 aromatic carbocycles. The molecular weight excluding hydrogens is 260 g/mol. The lowest BCUT2D eigenvalue weighted by atomic mass is 9.85. The molecule has 110 valence electrons. The van der Waals surface area contributed by atoms with Crippen LogP contribution < -0.4 is 5.32 Å². The van der Waals surface area contributed by atoms with Crippen molar-refractivity contribution >= 4 is 9.84 Å². The Bertz CT molecular complexity index is 409. The third kappa shape index (κ3) is 3.14. The molecule has 1 saturated carbocycles. The molecular formula is C14H26N2O2S. The lowest BCUT2D eigenvalue weighted by Crippen LogP contribution is -2.51. The van der Waals surface area contributed by atoms with E-state index in [1.54, 1.807) is 0 Å². The number of nitrogens with zero attached hydrogens (tertiary/aromatic N) is 1. The second kappa shape index (κ2) is 5.34. The molecule has 5 heteroatoms. The van der Waals surface area contributed by atoms with E-state index >= 15 is 0 Å². The van der Waals surface area contributed by atoms with Crippen LogP contribution in [0.25, 0.3) is 0 Å². The van der Waals surface area contributed by atoms with Gasteiger partial charge in [-0.3, -0.25) is 4.90 Å².